The van der Waals surface area contributed by atoms with Crippen LogP contribution in [0.25, 0.3) is 11.1 Å². The smallest absolute Gasteiger partial charge is 0.264 e. The topological polar surface area (TPSA) is 123 Å². The number of hydrogen-bond acceptors (Lipinski definition) is 5. The first-order chi connectivity index (χ1) is 19.6. The molecule has 4 fully saturated rings. The average molecular weight is 583 g/mol. The Morgan fingerprint density at radius 3 is 2.66 bits per heavy atom. The molecule has 2 aromatic rings. The van der Waals surface area contributed by atoms with E-state index < -0.39 is 59.7 Å². The van der Waals surface area contributed by atoms with Crippen LogP contribution in [0.15, 0.2) is 42.5 Å². The molecule has 5 aliphatic rings. The maximum Gasteiger partial charge on any atom is 0.264 e. The molecule has 0 spiro atoms. The standard InChI is InChI=1S/C30H29ClF2N4O4/c31-17-7-9-21-20-5-1-2-6-22(20)30(41,24(21)13-17)28(40)37-19-8-10-23(29(32,33)14-19)25(37)27(39)36-18(15-34)12-16-4-3-11-35-26(16)38/h1-2,5-7,9,13,16,18-19,23,25,41H,3-4,8,10-12,14H2,(H,35,38)(H,36,39)/t16-,18-,19+,23+,25-,30-/m0/s1. The fourth-order valence-corrected chi connectivity index (χ4v) is 7.36. The van der Waals surface area contributed by atoms with E-state index in [4.69, 9.17) is 11.6 Å². The van der Waals surface area contributed by atoms with Gasteiger partial charge in [-0.25, -0.2) is 8.78 Å². The lowest BCUT2D eigenvalue weighted by Crippen LogP contribution is -2.70. The lowest BCUT2D eigenvalue weighted by Gasteiger charge is -2.54. The van der Waals surface area contributed by atoms with Gasteiger partial charge in [-0.2, -0.15) is 5.26 Å². The zero-order valence-corrected chi connectivity index (χ0v) is 22.8. The summed E-state index contributed by atoms with van der Waals surface area (Å²) in [6.07, 6.45) is 0.943. The number of amides is 3. The number of alkyl halides is 2. The number of halogens is 3. The number of benzene rings is 2. The third-order valence-corrected chi connectivity index (χ3v) is 9.35. The van der Waals surface area contributed by atoms with Gasteiger partial charge >= 0.3 is 0 Å². The first-order valence-electron chi connectivity index (χ1n) is 13.9. The summed E-state index contributed by atoms with van der Waals surface area (Å²) >= 11 is 6.27. The molecule has 3 heterocycles. The van der Waals surface area contributed by atoms with Crippen LogP contribution in [0.4, 0.5) is 8.78 Å². The molecular formula is C30H29ClF2N4O4. The van der Waals surface area contributed by atoms with Gasteiger partial charge in [0, 0.05) is 41.1 Å². The van der Waals surface area contributed by atoms with Crippen molar-refractivity contribution in [3.05, 3.63) is 58.6 Å². The van der Waals surface area contributed by atoms with Crippen LogP contribution < -0.4 is 10.6 Å². The van der Waals surface area contributed by atoms with Crippen molar-refractivity contribution >= 4 is 29.3 Å². The van der Waals surface area contributed by atoms with Gasteiger partial charge in [-0.3, -0.25) is 14.4 Å². The van der Waals surface area contributed by atoms with Crippen LogP contribution in [0.2, 0.25) is 5.02 Å². The third kappa shape index (κ3) is 4.37. The molecular weight excluding hydrogens is 554 g/mol. The molecule has 0 radical (unpaired) electrons. The Kier molecular flexibility index (Phi) is 6.78. The number of carbonyl (C=O) groups is 3. The minimum absolute atomic E-state index is 0.0131. The number of aliphatic hydroxyl groups is 1. The molecule has 3 aliphatic heterocycles. The molecule has 1 saturated carbocycles. The highest BCUT2D eigenvalue weighted by molar-refractivity contribution is 6.31. The summed E-state index contributed by atoms with van der Waals surface area (Å²) in [4.78, 5) is 41.6. The molecule has 0 aromatic heterocycles. The summed E-state index contributed by atoms with van der Waals surface area (Å²) in [5, 5.41) is 27.6. The molecule has 2 aromatic carbocycles. The van der Waals surface area contributed by atoms with Crippen molar-refractivity contribution in [1.29, 1.82) is 5.26 Å². The fraction of sp³-hybridized carbons (Fsp3) is 0.467. The number of rotatable bonds is 5. The van der Waals surface area contributed by atoms with Crippen molar-refractivity contribution in [3.8, 4) is 17.2 Å². The normalized spacial score (nSPS) is 30.0. The molecule has 2 aliphatic carbocycles. The van der Waals surface area contributed by atoms with Crippen LogP contribution in [0, 0.1) is 23.2 Å². The van der Waals surface area contributed by atoms with E-state index in [1.165, 1.54) is 6.07 Å². The second-order valence-corrected chi connectivity index (χ2v) is 11.9. The second-order valence-electron chi connectivity index (χ2n) is 11.5. The number of carbonyl (C=O) groups excluding carboxylic acids is 3. The third-order valence-electron chi connectivity index (χ3n) is 9.12. The number of nitriles is 1. The van der Waals surface area contributed by atoms with Crippen LogP contribution in [0.1, 0.15) is 49.7 Å². The van der Waals surface area contributed by atoms with E-state index in [2.05, 4.69) is 10.6 Å². The summed E-state index contributed by atoms with van der Waals surface area (Å²) in [7, 11) is 0. The Labute approximate surface area is 240 Å². The predicted molar refractivity (Wildman–Crippen MR) is 144 cm³/mol. The van der Waals surface area contributed by atoms with E-state index >= 15 is 8.78 Å². The number of hydrogen-bond donors (Lipinski definition) is 3. The average Bonchev–Trinajstić information content (AvgIpc) is 3.21. The number of nitrogens with zero attached hydrogens (tertiary/aromatic N) is 2. The van der Waals surface area contributed by atoms with Crippen molar-refractivity contribution in [3.63, 3.8) is 0 Å². The van der Waals surface area contributed by atoms with Gasteiger partial charge in [0.15, 0.2) is 5.60 Å². The van der Waals surface area contributed by atoms with Gasteiger partial charge < -0.3 is 20.6 Å². The zero-order chi connectivity index (χ0) is 29.1. The SMILES string of the molecule is N#C[C@H](C[C@@H]1CCCNC1=O)NC(=O)[C@@H]1[C@H]2CC[C@H](CC2(F)F)N1C(=O)[C@]1(O)c2ccccc2-c2ccc(Cl)cc21. The van der Waals surface area contributed by atoms with E-state index in [1.807, 2.05) is 6.07 Å². The monoisotopic (exact) mass is 582 g/mol. The second kappa shape index (κ2) is 10.1. The first kappa shape index (κ1) is 27.6. The highest BCUT2D eigenvalue weighted by atomic mass is 35.5. The lowest BCUT2D eigenvalue weighted by atomic mass is 9.70. The maximum absolute atomic E-state index is 15.3. The van der Waals surface area contributed by atoms with E-state index in [9.17, 15) is 24.8 Å². The van der Waals surface area contributed by atoms with Crippen LogP contribution in [0.3, 0.4) is 0 Å². The lowest BCUT2D eigenvalue weighted by molar-refractivity contribution is -0.201. The van der Waals surface area contributed by atoms with Crippen LogP contribution in [-0.4, -0.2) is 58.3 Å². The molecule has 6 atom stereocenters. The van der Waals surface area contributed by atoms with Crippen molar-refractivity contribution < 1.29 is 28.3 Å². The largest absolute Gasteiger partial charge is 0.372 e. The molecule has 214 valence electrons. The molecule has 0 unspecified atom stereocenters. The number of fused-ring (bicyclic) bond motifs is 6. The van der Waals surface area contributed by atoms with Gasteiger partial charge in [0.05, 0.1) is 12.0 Å². The Morgan fingerprint density at radius 2 is 1.93 bits per heavy atom. The fourth-order valence-electron chi connectivity index (χ4n) is 7.19. The Hall–Kier alpha value is -3.55. The van der Waals surface area contributed by atoms with Crippen molar-refractivity contribution in [1.82, 2.24) is 15.5 Å². The summed E-state index contributed by atoms with van der Waals surface area (Å²) in [6.45, 7) is 0.538. The van der Waals surface area contributed by atoms with Gasteiger partial charge in [-0.15, -0.1) is 0 Å². The van der Waals surface area contributed by atoms with Gasteiger partial charge in [0.2, 0.25) is 11.8 Å². The minimum atomic E-state index is -3.22. The Balaban J connectivity index is 1.36. The molecule has 11 heteroatoms. The maximum atomic E-state index is 15.3. The Bertz CT molecular complexity index is 1480. The highest BCUT2D eigenvalue weighted by Gasteiger charge is 2.63. The molecule has 41 heavy (non-hydrogen) atoms. The molecule has 3 saturated heterocycles. The van der Waals surface area contributed by atoms with E-state index in [0.29, 0.717) is 24.1 Å². The summed E-state index contributed by atoms with van der Waals surface area (Å²) in [6, 6.07) is 9.88. The molecule has 3 N–H and O–H groups in total. The molecule has 7 rings (SSSR count). The van der Waals surface area contributed by atoms with Crippen molar-refractivity contribution in [2.24, 2.45) is 11.8 Å². The van der Waals surface area contributed by atoms with E-state index in [-0.39, 0.29) is 41.3 Å². The predicted octanol–water partition coefficient (Wildman–Crippen LogP) is 3.50. The van der Waals surface area contributed by atoms with Crippen molar-refractivity contribution in [2.45, 2.75) is 68.2 Å². The van der Waals surface area contributed by atoms with Crippen LogP contribution in [0.5, 0.6) is 0 Å². The van der Waals surface area contributed by atoms with Gasteiger partial charge in [-0.05, 0) is 55.4 Å². The van der Waals surface area contributed by atoms with Crippen LogP contribution in [-0.2, 0) is 20.0 Å². The summed E-state index contributed by atoms with van der Waals surface area (Å²) in [5.41, 5.74) is -0.546. The molecule has 3 amide bonds. The number of nitrogens with one attached hydrogen (secondary N) is 2. The molecule has 2 bridgehead atoms. The summed E-state index contributed by atoms with van der Waals surface area (Å²) < 4.78 is 30.6. The zero-order valence-electron chi connectivity index (χ0n) is 22.1. The van der Waals surface area contributed by atoms with Gasteiger partial charge in [0.25, 0.3) is 11.8 Å². The van der Waals surface area contributed by atoms with Gasteiger partial charge in [0.1, 0.15) is 12.1 Å². The van der Waals surface area contributed by atoms with E-state index in [0.717, 1.165) is 11.3 Å². The van der Waals surface area contributed by atoms with Crippen LogP contribution >= 0.6 is 11.6 Å². The minimum Gasteiger partial charge on any atom is -0.372 e. The summed E-state index contributed by atoms with van der Waals surface area (Å²) in [5.74, 6) is -7.19. The van der Waals surface area contributed by atoms with E-state index in [1.54, 1.807) is 36.4 Å². The number of piperidine rings is 3. The van der Waals surface area contributed by atoms with Gasteiger partial charge in [-0.1, -0.05) is 41.9 Å². The van der Waals surface area contributed by atoms with Crippen molar-refractivity contribution in [2.75, 3.05) is 6.54 Å². The quantitative estimate of drug-likeness (QED) is 0.498. The first-order valence-corrected chi connectivity index (χ1v) is 14.2. The molecule has 8 nitrogen and oxygen atoms in total. The Morgan fingerprint density at radius 1 is 1.17 bits per heavy atom. The highest BCUT2D eigenvalue weighted by Crippen LogP contribution is 2.54.